The number of aromatic nitrogens is 3. The second-order valence-corrected chi connectivity index (χ2v) is 7.90. The molecule has 8 nitrogen and oxygen atoms in total. The van der Waals surface area contributed by atoms with E-state index in [9.17, 15) is 4.79 Å². The smallest absolute Gasteiger partial charge is 0.457 e. The van der Waals surface area contributed by atoms with E-state index in [2.05, 4.69) is 20.3 Å². The van der Waals surface area contributed by atoms with Gasteiger partial charge in [0, 0.05) is 40.9 Å². The van der Waals surface area contributed by atoms with Gasteiger partial charge in [-0.1, -0.05) is 34.8 Å². The van der Waals surface area contributed by atoms with Gasteiger partial charge in [0.25, 0.3) is 0 Å². The third-order valence-corrected chi connectivity index (χ3v) is 5.06. The summed E-state index contributed by atoms with van der Waals surface area (Å²) in [5.74, 6) is 0.701. The lowest BCUT2D eigenvalue weighted by Crippen LogP contribution is -2.18. The van der Waals surface area contributed by atoms with Gasteiger partial charge < -0.3 is 19.5 Å². The van der Waals surface area contributed by atoms with Crippen LogP contribution >= 0.6 is 34.8 Å². The van der Waals surface area contributed by atoms with Crippen molar-refractivity contribution in [2.45, 2.75) is 26.0 Å². The average Bonchev–Trinajstić information content (AvgIpc) is 2.75. The van der Waals surface area contributed by atoms with Crippen molar-refractivity contribution < 1.29 is 19.0 Å². The Morgan fingerprint density at radius 1 is 1.09 bits per heavy atom. The minimum absolute atomic E-state index is 0.272. The van der Waals surface area contributed by atoms with E-state index in [1.807, 2.05) is 0 Å². The van der Waals surface area contributed by atoms with E-state index in [4.69, 9.17) is 49.0 Å². The van der Waals surface area contributed by atoms with Crippen molar-refractivity contribution in [3.05, 3.63) is 75.2 Å². The van der Waals surface area contributed by atoms with Crippen LogP contribution in [0.15, 0.2) is 49.1 Å². The van der Waals surface area contributed by atoms with Crippen molar-refractivity contribution in [3.63, 3.8) is 0 Å². The van der Waals surface area contributed by atoms with Crippen LogP contribution in [0.3, 0.4) is 0 Å². The van der Waals surface area contributed by atoms with Crippen LogP contribution in [-0.2, 0) is 9.47 Å². The predicted octanol–water partition coefficient (Wildman–Crippen LogP) is 5.93. The van der Waals surface area contributed by atoms with E-state index >= 15 is 0 Å². The fourth-order valence-corrected chi connectivity index (χ4v) is 3.26. The maximum Gasteiger partial charge on any atom is 0.511 e. The lowest BCUT2D eigenvalue weighted by Gasteiger charge is -2.23. The summed E-state index contributed by atoms with van der Waals surface area (Å²) in [4.78, 5) is 24.2. The maximum atomic E-state index is 11.6. The van der Waals surface area contributed by atoms with Crippen LogP contribution in [0.4, 0.5) is 10.7 Å². The topological polar surface area (TPSA) is 95.5 Å². The zero-order chi connectivity index (χ0) is 23.1. The first-order valence-corrected chi connectivity index (χ1v) is 10.6. The predicted molar refractivity (Wildman–Crippen MR) is 121 cm³/mol. The van der Waals surface area contributed by atoms with Gasteiger partial charge >= 0.3 is 6.16 Å². The molecular weight excluding hydrogens is 479 g/mol. The first kappa shape index (κ1) is 23.8. The number of nitrogens with one attached hydrogen (secondary N) is 1. The molecule has 2 aromatic heterocycles. The van der Waals surface area contributed by atoms with E-state index in [0.717, 1.165) is 0 Å². The molecule has 11 heteroatoms. The molecule has 168 valence electrons. The van der Waals surface area contributed by atoms with Crippen molar-refractivity contribution in [2.75, 3.05) is 12.1 Å². The number of hydrogen-bond donors (Lipinski definition) is 1. The Kier molecular flexibility index (Phi) is 8.33. The first-order chi connectivity index (χ1) is 15.3. The summed E-state index contributed by atoms with van der Waals surface area (Å²) in [6.45, 7) is 3.05. The second-order valence-electron chi connectivity index (χ2n) is 6.68. The number of carbonyl (C=O) groups is 1. The zero-order valence-corrected chi connectivity index (χ0v) is 19.4. The van der Waals surface area contributed by atoms with E-state index in [1.165, 1.54) is 6.20 Å². The molecule has 1 aromatic carbocycles. The largest absolute Gasteiger partial charge is 0.511 e. The van der Waals surface area contributed by atoms with Crippen molar-refractivity contribution in [1.29, 1.82) is 0 Å². The van der Waals surface area contributed by atoms with E-state index < -0.39 is 12.2 Å². The summed E-state index contributed by atoms with van der Waals surface area (Å²) in [7, 11) is 0. The molecule has 0 aliphatic carbocycles. The summed E-state index contributed by atoms with van der Waals surface area (Å²) < 4.78 is 15.6. The van der Waals surface area contributed by atoms with Gasteiger partial charge in [-0.2, -0.15) is 0 Å². The van der Waals surface area contributed by atoms with Crippen LogP contribution in [0.5, 0.6) is 5.75 Å². The number of ether oxygens (including phenoxy) is 3. The highest BCUT2D eigenvalue weighted by Gasteiger charge is 2.24. The van der Waals surface area contributed by atoms with E-state index in [0.29, 0.717) is 27.8 Å². The zero-order valence-electron chi connectivity index (χ0n) is 17.1. The normalized spacial score (nSPS) is 11.7. The third-order valence-electron chi connectivity index (χ3n) is 4.02. The number of carbonyl (C=O) groups excluding carboxylic acids is 1. The number of anilines is 1. The van der Waals surface area contributed by atoms with E-state index in [1.54, 1.807) is 56.7 Å². The number of benzene rings is 1. The summed E-state index contributed by atoms with van der Waals surface area (Å²) in [6, 6.07) is 6.01. The minimum Gasteiger partial charge on any atom is -0.457 e. The molecular formula is C21H19Cl3N4O4. The molecule has 0 amide bonds. The standard InChI is InChI=1S/C21H19Cl3N4O4/c1-12(2)32-21(29)31-11-30-17-5-4-13(22)8-14(17)19(28-20-26-6-3-7-27-20)15-9-25-10-16(23)18(15)24/h3-10,12,19H,11H2,1-2H3,(H,26,27,28). The molecule has 0 aliphatic heterocycles. The van der Waals surface area contributed by atoms with Crippen molar-refractivity contribution >= 4 is 46.9 Å². The molecule has 0 saturated carbocycles. The van der Waals surface area contributed by atoms with Gasteiger partial charge in [0.15, 0.2) is 0 Å². The summed E-state index contributed by atoms with van der Waals surface area (Å²) in [6.07, 6.45) is 5.03. The Morgan fingerprint density at radius 3 is 2.56 bits per heavy atom. The lowest BCUT2D eigenvalue weighted by atomic mass is 9.99. The van der Waals surface area contributed by atoms with Crippen LogP contribution in [-0.4, -0.2) is 34.0 Å². The monoisotopic (exact) mass is 496 g/mol. The molecule has 0 radical (unpaired) electrons. The van der Waals surface area contributed by atoms with Gasteiger partial charge in [-0.3, -0.25) is 4.98 Å². The third kappa shape index (κ3) is 6.35. The molecule has 0 saturated heterocycles. The summed E-state index contributed by atoms with van der Waals surface area (Å²) >= 11 is 18.9. The highest BCUT2D eigenvalue weighted by Crippen LogP contribution is 2.38. The molecule has 0 fully saturated rings. The first-order valence-electron chi connectivity index (χ1n) is 9.43. The molecule has 0 bridgehead atoms. The van der Waals surface area contributed by atoms with Crippen LogP contribution in [0.25, 0.3) is 0 Å². The van der Waals surface area contributed by atoms with E-state index in [-0.39, 0.29) is 22.9 Å². The van der Waals surface area contributed by atoms with Crippen LogP contribution < -0.4 is 10.1 Å². The Hall–Kier alpha value is -2.81. The fourth-order valence-electron chi connectivity index (χ4n) is 2.71. The Bertz CT molecular complexity index is 1070. The van der Waals surface area contributed by atoms with Crippen LogP contribution in [0, 0.1) is 0 Å². The molecule has 32 heavy (non-hydrogen) atoms. The quantitative estimate of drug-likeness (QED) is 0.302. The molecule has 2 heterocycles. The number of halogens is 3. The molecule has 0 spiro atoms. The maximum absolute atomic E-state index is 11.6. The van der Waals surface area contributed by atoms with Gasteiger partial charge in [0.1, 0.15) is 5.75 Å². The molecule has 1 unspecified atom stereocenters. The van der Waals surface area contributed by atoms with Crippen molar-refractivity contribution in [3.8, 4) is 5.75 Å². The Labute approximate surface area is 199 Å². The van der Waals surface area contributed by atoms with Gasteiger partial charge in [-0.15, -0.1) is 0 Å². The minimum atomic E-state index is -0.843. The molecule has 3 rings (SSSR count). The molecule has 1 N–H and O–H groups in total. The van der Waals surface area contributed by atoms with Gasteiger partial charge in [-0.05, 0) is 38.1 Å². The SMILES string of the molecule is CC(C)OC(=O)OCOc1ccc(Cl)cc1C(Nc1ncccn1)c1cncc(Cl)c1Cl. The molecule has 0 aliphatic rings. The van der Waals surface area contributed by atoms with Crippen molar-refractivity contribution in [1.82, 2.24) is 15.0 Å². The number of nitrogens with zero attached hydrogens (tertiary/aromatic N) is 3. The number of rotatable bonds is 8. The highest BCUT2D eigenvalue weighted by atomic mass is 35.5. The Morgan fingerprint density at radius 2 is 1.84 bits per heavy atom. The average molecular weight is 498 g/mol. The molecule has 3 aromatic rings. The van der Waals surface area contributed by atoms with Gasteiger partial charge in [0.2, 0.25) is 12.7 Å². The molecule has 1 atom stereocenters. The number of hydrogen-bond acceptors (Lipinski definition) is 8. The van der Waals surface area contributed by atoms with Crippen molar-refractivity contribution in [2.24, 2.45) is 0 Å². The van der Waals surface area contributed by atoms with Crippen LogP contribution in [0.1, 0.15) is 31.0 Å². The number of pyridine rings is 1. The van der Waals surface area contributed by atoms with Gasteiger partial charge in [0.05, 0.1) is 22.2 Å². The lowest BCUT2D eigenvalue weighted by molar-refractivity contribution is -0.00845. The van der Waals surface area contributed by atoms with Gasteiger partial charge in [-0.25, -0.2) is 14.8 Å². The van der Waals surface area contributed by atoms with Crippen LogP contribution in [0.2, 0.25) is 15.1 Å². The fraction of sp³-hybridized carbons (Fsp3) is 0.238. The summed E-state index contributed by atoms with van der Waals surface area (Å²) in [5.41, 5.74) is 1.11. The second kappa shape index (κ2) is 11.2. The summed E-state index contributed by atoms with van der Waals surface area (Å²) in [5, 5.41) is 4.20. The highest BCUT2D eigenvalue weighted by molar-refractivity contribution is 6.42. The Balaban J connectivity index is 1.95.